The van der Waals surface area contributed by atoms with Gasteiger partial charge in [-0.05, 0) is 53.4 Å². The number of amides is 1. The number of piperidine rings is 2. The zero-order valence-corrected chi connectivity index (χ0v) is 17.2. The molecule has 2 aromatic heterocycles. The fourth-order valence-electron chi connectivity index (χ4n) is 5.09. The molecule has 2 saturated heterocycles. The predicted molar refractivity (Wildman–Crippen MR) is 109 cm³/mol. The molecule has 28 heavy (non-hydrogen) atoms. The van der Waals surface area contributed by atoms with E-state index in [2.05, 4.69) is 63.2 Å². The molecule has 0 bridgehead atoms. The highest BCUT2D eigenvalue weighted by Crippen LogP contribution is 2.30. The molecule has 0 aromatic carbocycles. The third kappa shape index (κ3) is 3.97. The number of anilines is 1. The first kappa shape index (κ1) is 19.1. The molecular weight excluding hydrogens is 354 g/mol. The highest BCUT2D eigenvalue weighted by molar-refractivity contribution is 5.83. The minimum atomic E-state index is 0.0333. The molecule has 0 atom stereocenters. The molecule has 152 valence electrons. The molecule has 0 radical (unpaired) electrons. The molecule has 0 saturated carbocycles. The summed E-state index contributed by atoms with van der Waals surface area (Å²) in [5, 5.41) is 7.01. The van der Waals surface area contributed by atoms with Gasteiger partial charge >= 0.3 is 0 Å². The third-order valence-corrected chi connectivity index (χ3v) is 5.90. The summed E-state index contributed by atoms with van der Waals surface area (Å²) in [7, 11) is 0. The van der Waals surface area contributed by atoms with Gasteiger partial charge in [0.05, 0.1) is 6.33 Å². The van der Waals surface area contributed by atoms with Crippen molar-refractivity contribution in [2.45, 2.75) is 70.5 Å². The van der Waals surface area contributed by atoms with E-state index in [0.29, 0.717) is 5.65 Å². The summed E-state index contributed by atoms with van der Waals surface area (Å²) < 4.78 is 0. The van der Waals surface area contributed by atoms with E-state index < -0.39 is 0 Å². The lowest BCUT2D eigenvalue weighted by Gasteiger charge is -2.47. The van der Waals surface area contributed by atoms with Gasteiger partial charge < -0.3 is 20.5 Å². The second-order valence-electron chi connectivity index (χ2n) is 9.57. The number of carbonyl (C=O) groups is 1. The van der Waals surface area contributed by atoms with Crippen LogP contribution in [0.4, 0.5) is 5.82 Å². The van der Waals surface area contributed by atoms with Crippen molar-refractivity contribution in [1.82, 2.24) is 30.6 Å². The third-order valence-electron chi connectivity index (χ3n) is 5.90. The molecule has 2 aliphatic heterocycles. The van der Waals surface area contributed by atoms with Crippen molar-refractivity contribution in [3.8, 4) is 0 Å². The highest BCUT2D eigenvalue weighted by Gasteiger charge is 2.39. The van der Waals surface area contributed by atoms with Crippen LogP contribution in [0.25, 0.3) is 11.2 Å². The summed E-state index contributed by atoms with van der Waals surface area (Å²) in [5.41, 5.74) is 1.61. The molecule has 0 unspecified atom stereocenters. The van der Waals surface area contributed by atoms with Gasteiger partial charge in [-0.25, -0.2) is 15.0 Å². The smallest absolute Gasteiger partial charge is 0.223 e. The topological polar surface area (TPSA) is 98.8 Å². The first-order chi connectivity index (χ1) is 13.2. The van der Waals surface area contributed by atoms with Gasteiger partial charge in [-0.1, -0.05) is 0 Å². The Balaban J connectivity index is 1.36. The fourth-order valence-corrected chi connectivity index (χ4v) is 5.09. The number of fused-ring (bicyclic) bond motifs is 1. The molecule has 2 aromatic rings. The first-order valence-electron chi connectivity index (χ1n) is 10.2. The number of aromatic amines is 1. The average Bonchev–Trinajstić information content (AvgIpc) is 3.07. The Hall–Kier alpha value is -2.22. The molecule has 8 nitrogen and oxygen atoms in total. The standard InChI is InChI=1S/C20H31N7O/c1-19(2)9-14(10-20(3,4)26-19)25-18(28)13-5-7-27(8-6-13)17-15-16(22-11-21-15)23-12-24-17/h11-14,26H,5-10H2,1-4H3,(H,25,28)(H,21,22,23,24). The van der Waals surface area contributed by atoms with Crippen LogP contribution in [0, 0.1) is 5.92 Å². The van der Waals surface area contributed by atoms with E-state index >= 15 is 0 Å². The number of H-pyrrole nitrogens is 1. The van der Waals surface area contributed by atoms with Crippen LogP contribution in [0.5, 0.6) is 0 Å². The second kappa shape index (κ2) is 6.99. The summed E-state index contributed by atoms with van der Waals surface area (Å²) in [6.07, 6.45) is 6.79. The van der Waals surface area contributed by atoms with Crippen LogP contribution in [0.3, 0.4) is 0 Å². The molecule has 3 N–H and O–H groups in total. The Morgan fingerprint density at radius 1 is 1.11 bits per heavy atom. The largest absolute Gasteiger partial charge is 0.355 e. The van der Waals surface area contributed by atoms with E-state index in [9.17, 15) is 4.79 Å². The number of carbonyl (C=O) groups excluding carboxylic acids is 1. The maximum absolute atomic E-state index is 12.9. The van der Waals surface area contributed by atoms with Gasteiger partial charge in [0.25, 0.3) is 0 Å². The van der Waals surface area contributed by atoms with Crippen molar-refractivity contribution in [1.29, 1.82) is 0 Å². The molecule has 4 heterocycles. The zero-order valence-electron chi connectivity index (χ0n) is 17.2. The van der Waals surface area contributed by atoms with Crippen molar-refractivity contribution in [2.24, 2.45) is 5.92 Å². The number of nitrogens with zero attached hydrogens (tertiary/aromatic N) is 4. The van der Waals surface area contributed by atoms with Crippen LogP contribution >= 0.6 is 0 Å². The summed E-state index contributed by atoms with van der Waals surface area (Å²) in [4.78, 5) is 31.1. The number of nitrogens with one attached hydrogen (secondary N) is 3. The number of hydrogen-bond donors (Lipinski definition) is 3. The van der Waals surface area contributed by atoms with E-state index in [1.54, 1.807) is 12.7 Å². The average molecular weight is 386 g/mol. The Morgan fingerprint density at radius 2 is 1.79 bits per heavy atom. The van der Waals surface area contributed by atoms with Crippen LogP contribution in [-0.2, 0) is 4.79 Å². The van der Waals surface area contributed by atoms with Gasteiger partial charge in [-0.2, -0.15) is 0 Å². The Morgan fingerprint density at radius 3 is 2.46 bits per heavy atom. The van der Waals surface area contributed by atoms with Gasteiger partial charge in [0, 0.05) is 36.1 Å². The maximum Gasteiger partial charge on any atom is 0.223 e. The molecule has 1 amide bonds. The minimum absolute atomic E-state index is 0.0333. The summed E-state index contributed by atoms with van der Waals surface area (Å²) >= 11 is 0. The lowest BCUT2D eigenvalue weighted by Crippen LogP contribution is -2.62. The zero-order chi connectivity index (χ0) is 19.9. The quantitative estimate of drug-likeness (QED) is 0.747. The summed E-state index contributed by atoms with van der Waals surface area (Å²) in [5.74, 6) is 1.15. The van der Waals surface area contributed by atoms with E-state index in [1.165, 1.54) is 0 Å². The van der Waals surface area contributed by atoms with Crippen molar-refractivity contribution < 1.29 is 4.79 Å². The summed E-state index contributed by atoms with van der Waals surface area (Å²) in [6.45, 7) is 10.5. The maximum atomic E-state index is 12.9. The number of hydrogen-bond acceptors (Lipinski definition) is 6. The molecule has 8 heteroatoms. The SMILES string of the molecule is CC1(C)CC(NC(=O)C2CCN(c3ncnc4nc[nH]c34)CC2)CC(C)(C)N1. The van der Waals surface area contributed by atoms with Gasteiger partial charge in [0.1, 0.15) is 11.8 Å². The Kier molecular flexibility index (Phi) is 4.77. The monoisotopic (exact) mass is 385 g/mol. The van der Waals surface area contributed by atoms with Crippen molar-refractivity contribution in [2.75, 3.05) is 18.0 Å². The van der Waals surface area contributed by atoms with Crippen LogP contribution in [0.1, 0.15) is 53.4 Å². The van der Waals surface area contributed by atoms with Gasteiger partial charge in [0.2, 0.25) is 5.91 Å². The minimum Gasteiger partial charge on any atom is -0.355 e. The van der Waals surface area contributed by atoms with E-state index in [-0.39, 0.29) is 28.9 Å². The van der Waals surface area contributed by atoms with E-state index in [4.69, 9.17) is 0 Å². The lowest BCUT2D eigenvalue weighted by atomic mass is 9.79. The van der Waals surface area contributed by atoms with Crippen molar-refractivity contribution in [3.63, 3.8) is 0 Å². The second-order valence-corrected chi connectivity index (χ2v) is 9.57. The lowest BCUT2D eigenvalue weighted by molar-refractivity contribution is -0.126. The van der Waals surface area contributed by atoms with Crippen LogP contribution in [0.15, 0.2) is 12.7 Å². The number of imidazole rings is 1. The molecule has 0 spiro atoms. The number of aromatic nitrogens is 4. The van der Waals surface area contributed by atoms with Crippen molar-refractivity contribution >= 4 is 22.9 Å². The molecule has 2 aliphatic rings. The van der Waals surface area contributed by atoms with E-state index in [1.807, 2.05) is 0 Å². The van der Waals surface area contributed by atoms with E-state index in [0.717, 1.165) is 50.1 Å². The fraction of sp³-hybridized carbons (Fsp3) is 0.700. The van der Waals surface area contributed by atoms with Crippen molar-refractivity contribution in [3.05, 3.63) is 12.7 Å². The Bertz CT molecular complexity index is 835. The van der Waals surface area contributed by atoms with Crippen LogP contribution in [0.2, 0.25) is 0 Å². The number of rotatable bonds is 3. The summed E-state index contributed by atoms with van der Waals surface area (Å²) in [6, 6.07) is 0.225. The Labute approximate surface area is 165 Å². The normalized spacial score (nSPS) is 23.1. The predicted octanol–water partition coefficient (Wildman–Crippen LogP) is 1.99. The van der Waals surface area contributed by atoms with Crippen LogP contribution < -0.4 is 15.5 Å². The van der Waals surface area contributed by atoms with Crippen LogP contribution in [-0.4, -0.2) is 56.1 Å². The van der Waals surface area contributed by atoms with Gasteiger partial charge in [-0.3, -0.25) is 4.79 Å². The molecule has 4 rings (SSSR count). The first-order valence-corrected chi connectivity index (χ1v) is 10.2. The molecule has 0 aliphatic carbocycles. The molecule has 2 fully saturated rings. The van der Waals surface area contributed by atoms with Gasteiger partial charge in [-0.15, -0.1) is 0 Å². The molecular formula is C20H31N7O. The van der Waals surface area contributed by atoms with Gasteiger partial charge in [0.15, 0.2) is 11.5 Å². The highest BCUT2D eigenvalue weighted by atomic mass is 16.2.